The van der Waals surface area contributed by atoms with Gasteiger partial charge in [0, 0.05) is 36.4 Å². The summed E-state index contributed by atoms with van der Waals surface area (Å²) in [6, 6.07) is 15.2. The highest BCUT2D eigenvalue weighted by atomic mass is 16.4. The van der Waals surface area contributed by atoms with Crippen molar-refractivity contribution in [2.45, 2.75) is 6.54 Å². The molecule has 0 bridgehead atoms. The molecule has 0 radical (unpaired) electrons. The predicted octanol–water partition coefficient (Wildman–Crippen LogP) is 3.49. The molecule has 106 valence electrons. The van der Waals surface area contributed by atoms with Gasteiger partial charge in [0.05, 0.1) is 5.56 Å². The first kappa shape index (κ1) is 13.2. The highest BCUT2D eigenvalue weighted by Gasteiger charge is 2.02. The largest absolute Gasteiger partial charge is 0.478 e. The van der Waals surface area contributed by atoms with E-state index in [9.17, 15) is 4.79 Å². The number of carboxylic acid groups (broad SMARTS) is 1. The Hall–Kier alpha value is -2.75. The van der Waals surface area contributed by atoms with Crippen molar-refractivity contribution in [2.75, 3.05) is 5.32 Å². The molecule has 3 aromatic rings. The van der Waals surface area contributed by atoms with E-state index in [1.165, 1.54) is 10.9 Å². The third-order valence-electron chi connectivity index (χ3n) is 3.58. The summed E-state index contributed by atoms with van der Waals surface area (Å²) in [6.45, 7) is 0.665. The van der Waals surface area contributed by atoms with Gasteiger partial charge in [0.1, 0.15) is 0 Å². The number of carboxylic acids is 1. The Balaban J connectivity index is 1.72. The molecule has 1 heterocycles. The van der Waals surface area contributed by atoms with Gasteiger partial charge in [0.15, 0.2) is 0 Å². The SMILES string of the molecule is Cn1ccc2cc(NCc3ccc(C(=O)O)cc3)ccc21. The molecule has 3 rings (SSSR count). The maximum Gasteiger partial charge on any atom is 0.335 e. The van der Waals surface area contributed by atoms with Gasteiger partial charge in [-0.2, -0.15) is 0 Å². The van der Waals surface area contributed by atoms with Crippen LogP contribution in [0, 0.1) is 0 Å². The number of aryl methyl sites for hydroxylation is 1. The topological polar surface area (TPSA) is 54.3 Å². The molecule has 1 aromatic heterocycles. The average molecular weight is 280 g/mol. The van der Waals surface area contributed by atoms with Gasteiger partial charge >= 0.3 is 5.97 Å². The summed E-state index contributed by atoms with van der Waals surface area (Å²) in [4.78, 5) is 10.8. The first-order valence-corrected chi connectivity index (χ1v) is 6.75. The van der Waals surface area contributed by atoms with Crippen molar-refractivity contribution in [3.8, 4) is 0 Å². The minimum atomic E-state index is -0.899. The van der Waals surface area contributed by atoms with Crippen molar-refractivity contribution in [3.63, 3.8) is 0 Å². The lowest BCUT2D eigenvalue weighted by Gasteiger charge is -2.07. The molecule has 0 aliphatic rings. The standard InChI is InChI=1S/C17H16N2O2/c1-19-9-8-14-10-15(6-7-16(14)19)18-11-12-2-4-13(5-3-12)17(20)21/h2-10,18H,11H2,1H3,(H,20,21). The maximum absolute atomic E-state index is 10.8. The number of carbonyl (C=O) groups is 1. The molecular weight excluding hydrogens is 264 g/mol. The van der Waals surface area contributed by atoms with Gasteiger partial charge in [-0.3, -0.25) is 0 Å². The normalized spacial score (nSPS) is 10.7. The molecule has 0 amide bonds. The Bertz CT molecular complexity index is 788. The van der Waals surface area contributed by atoms with E-state index in [0.717, 1.165) is 11.3 Å². The summed E-state index contributed by atoms with van der Waals surface area (Å²) in [6.07, 6.45) is 2.04. The average Bonchev–Trinajstić information content (AvgIpc) is 2.86. The third-order valence-corrected chi connectivity index (χ3v) is 3.58. The smallest absolute Gasteiger partial charge is 0.335 e. The van der Waals surface area contributed by atoms with Gasteiger partial charge in [-0.15, -0.1) is 0 Å². The molecule has 0 spiro atoms. The number of anilines is 1. The Kier molecular flexibility index (Phi) is 3.36. The van der Waals surface area contributed by atoms with Gasteiger partial charge in [0.25, 0.3) is 0 Å². The van der Waals surface area contributed by atoms with Gasteiger partial charge < -0.3 is 15.0 Å². The number of nitrogens with one attached hydrogen (secondary N) is 1. The van der Waals surface area contributed by atoms with E-state index in [2.05, 4.69) is 28.1 Å². The van der Waals surface area contributed by atoms with Crippen LogP contribution in [0.25, 0.3) is 10.9 Å². The van der Waals surface area contributed by atoms with Crippen molar-refractivity contribution in [3.05, 3.63) is 65.9 Å². The molecule has 0 unspecified atom stereocenters. The van der Waals surface area contributed by atoms with Gasteiger partial charge in [-0.25, -0.2) is 4.79 Å². The molecule has 0 aliphatic heterocycles. The number of benzene rings is 2. The molecule has 4 nitrogen and oxygen atoms in total. The van der Waals surface area contributed by atoms with Crippen LogP contribution < -0.4 is 5.32 Å². The van der Waals surface area contributed by atoms with Gasteiger partial charge in [0.2, 0.25) is 0 Å². The minimum Gasteiger partial charge on any atom is -0.478 e. The van der Waals surface area contributed by atoms with E-state index in [1.807, 2.05) is 31.4 Å². The molecular formula is C17H16N2O2. The van der Waals surface area contributed by atoms with Crippen LogP contribution in [-0.4, -0.2) is 15.6 Å². The Morgan fingerprint density at radius 1 is 1.14 bits per heavy atom. The predicted molar refractivity (Wildman–Crippen MR) is 83.6 cm³/mol. The zero-order valence-electron chi connectivity index (χ0n) is 11.7. The maximum atomic E-state index is 10.8. The zero-order valence-corrected chi connectivity index (χ0v) is 11.7. The van der Waals surface area contributed by atoms with Crippen LogP contribution in [0.1, 0.15) is 15.9 Å². The third kappa shape index (κ3) is 2.74. The number of fused-ring (bicyclic) bond motifs is 1. The number of aromatic nitrogens is 1. The van der Waals surface area contributed by atoms with Crippen LogP contribution in [-0.2, 0) is 13.6 Å². The molecule has 21 heavy (non-hydrogen) atoms. The van der Waals surface area contributed by atoms with Gasteiger partial charge in [-0.05, 0) is 42.0 Å². The number of hydrogen-bond donors (Lipinski definition) is 2. The van der Waals surface area contributed by atoms with Crippen LogP contribution in [0.2, 0.25) is 0 Å². The molecule has 0 fully saturated rings. The highest BCUT2D eigenvalue weighted by Crippen LogP contribution is 2.20. The summed E-state index contributed by atoms with van der Waals surface area (Å²) >= 11 is 0. The molecule has 0 saturated heterocycles. The lowest BCUT2D eigenvalue weighted by atomic mass is 10.1. The van der Waals surface area contributed by atoms with Crippen molar-refractivity contribution in [1.82, 2.24) is 4.57 Å². The fourth-order valence-corrected chi connectivity index (χ4v) is 2.36. The van der Waals surface area contributed by atoms with Crippen LogP contribution in [0.5, 0.6) is 0 Å². The highest BCUT2D eigenvalue weighted by molar-refractivity contribution is 5.87. The first-order chi connectivity index (χ1) is 10.1. The quantitative estimate of drug-likeness (QED) is 0.769. The molecule has 0 atom stereocenters. The van der Waals surface area contributed by atoms with Crippen molar-refractivity contribution in [1.29, 1.82) is 0 Å². The van der Waals surface area contributed by atoms with E-state index >= 15 is 0 Å². The fraction of sp³-hybridized carbons (Fsp3) is 0.118. The summed E-state index contributed by atoms with van der Waals surface area (Å²) in [7, 11) is 2.03. The van der Waals surface area contributed by atoms with Crippen molar-refractivity contribution >= 4 is 22.6 Å². The lowest BCUT2D eigenvalue weighted by molar-refractivity contribution is 0.0697. The van der Waals surface area contributed by atoms with E-state index in [-0.39, 0.29) is 0 Å². The Morgan fingerprint density at radius 3 is 2.62 bits per heavy atom. The van der Waals surface area contributed by atoms with Gasteiger partial charge in [-0.1, -0.05) is 12.1 Å². The second-order valence-corrected chi connectivity index (χ2v) is 5.06. The monoisotopic (exact) mass is 280 g/mol. The van der Waals surface area contributed by atoms with Crippen molar-refractivity contribution < 1.29 is 9.90 Å². The number of rotatable bonds is 4. The molecule has 0 saturated carbocycles. The summed E-state index contributed by atoms with van der Waals surface area (Å²) in [5.41, 5.74) is 3.61. The van der Waals surface area contributed by atoms with E-state index < -0.39 is 5.97 Å². The van der Waals surface area contributed by atoms with E-state index in [1.54, 1.807) is 12.1 Å². The fourth-order valence-electron chi connectivity index (χ4n) is 2.36. The Labute approximate surface area is 122 Å². The summed E-state index contributed by atoms with van der Waals surface area (Å²) < 4.78 is 2.09. The van der Waals surface area contributed by atoms with Crippen LogP contribution in [0.15, 0.2) is 54.7 Å². The van der Waals surface area contributed by atoms with Crippen LogP contribution in [0.4, 0.5) is 5.69 Å². The minimum absolute atomic E-state index is 0.310. The first-order valence-electron chi connectivity index (χ1n) is 6.75. The number of nitrogens with zero attached hydrogens (tertiary/aromatic N) is 1. The van der Waals surface area contributed by atoms with Crippen LogP contribution >= 0.6 is 0 Å². The molecule has 2 N–H and O–H groups in total. The van der Waals surface area contributed by atoms with E-state index in [0.29, 0.717) is 12.1 Å². The molecule has 2 aromatic carbocycles. The summed E-state index contributed by atoms with van der Waals surface area (Å²) in [5, 5.41) is 13.4. The van der Waals surface area contributed by atoms with Crippen LogP contribution in [0.3, 0.4) is 0 Å². The Morgan fingerprint density at radius 2 is 1.90 bits per heavy atom. The van der Waals surface area contributed by atoms with Crippen molar-refractivity contribution in [2.24, 2.45) is 7.05 Å². The van der Waals surface area contributed by atoms with E-state index in [4.69, 9.17) is 5.11 Å². The number of aromatic carboxylic acids is 1. The second-order valence-electron chi connectivity index (χ2n) is 5.06. The lowest BCUT2D eigenvalue weighted by Crippen LogP contribution is -2.01. The summed E-state index contributed by atoms with van der Waals surface area (Å²) in [5.74, 6) is -0.899. The number of hydrogen-bond acceptors (Lipinski definition) is 2. The molecule has 0 aliphatic carbocycles. The zero-order chi connectivity index (χ0) is 14.8. The molecule has 4 heteroatoms. The second kappa shape index (κ2) is 5.32.